The van der Waals surface area contributed by atoms with Gasteiger partial charge in [-0.05, 0) is 49.4 Å². The number of carbonyl (C=O) groups is 2. The molecule has 1 N–H and O–H groups in total. The maximum absolute atomic E-state index is 14.3. The van der Waals surface area contributed by atoms with Crippen molar-refractivity contribution in [1.82, 2.24) is 9.21 Å². The zero-order valence-corrected chi connectivity index (χ0v) is 18.7. The molecule has 1 saturated heterocycles. The average Bonchev–Trinajstić information content (AvgIpc) is 2.79. The lowest BCUT2D eigenvalue weighted by atomic mass is 10.1. The number of hydrogen-bond acceptors (Lipinski definition) is 5. The highest BCUT2D eigenvalue weighted by Gasteiger charge is 2.32. The van der Waals surface area contributed by atoms with Crippen LogP contribution in [0.25, 0.3) is 0 Å². The third-order valence-corrected chi connectivity index (χ3v) is 6.95. The SMILES string of the molecule is CCOC(=O)N1CCN(S(=O)(=O)c2ccc(F)c(C(=O)Nc3ccc(C(F)(F)F)cc3)c2)CC1. The average molecular weight is 503 g/mol. The van der Waals surface area contributed by atoms with Gasteiger partial charge < -0.3 is 15.0 Å². The zero-order chi connectivity index (χ0) is 25.1. The molecule has 0 bridgehead atoms. The highest BCUT2D eigenvalue weighted by Crippen LogP contribution is 2.30. The molecule has 184 valence electrons. The second-order valence-electron chi connectivity index (χ2n) is 7.26. The summed E-state index contributed by atoms with van der Waals surface area (Å²) in [7, 11) is -4.11. The molecule has 2 amide bonds. The number of rotatable bonds is 5. The minimum atomic E-state index is -4.56. The fraction of sp³-hybridized carbons (Fsp3) is 0.333. The smallest absolute Gasteiger partial charge is 0.416 e. The molecule has 1 heterocycles. The summed E-state index contributed by atoms with van der Waals surface area (Å²) in [6.45, 7) is 1.99. The Bertz CT molecular complexity index is 1160. The summed E-state index contributed by atoms with van der Waals surface area (Å²) in [6, 6.07) is 6.21. The summed E-state index contributed by atoms with van der Waals surface area (Å²) in [5, 5.41) is 2.25. The Morgan fingerprint density at radius 1 is 1.03 bits per heavy atom. The van der Waals surface area contributed by atoms with E-state index in [1.807, 2.05) is 0 Å². The molecule has 0 aromatic heterocycles. The van der Waals surface area contributed by atoms with Crippen molar-refractivity contribution >= 4 is 27.7 Å². The van der Waals surface area contributed by atoms with Crippen LogP contribution in [-0.4, -0.2) is 62.4 Å². The molecule has 1 aliphatic rings. The first-order valence-electron chi connectivity index (χ1n) is 10.1. The van der Waals surface area contributed by atoms with Gasteiger partial charge in [0.1, 0.15) is 5.82 Å². The van der Waals surface area contributed by atoms with Crippen molar-refractivity contribution in [3.05, 3.63) is 59.4 Å². The van der Waals surface area contributed by atoms with Crippen molar-refractivity contribution in [2.24, 2.45) is 0 Å². The third-order valence-electron chi connectivity index (χ3n) is 5.05. The molecule has 0 spiro atoms. The van der Waals surface area contributed by atoms with Gasteiger partial charge in [0, 0.05) is 31.9 Å². The number of ether oxygens (including phenoxy) is 1. The quantitative estimate of drug-likeness (QED) is 0.630. The molecule has 2 aromatic carbocycles. The molecule has 0 unspecified atom stereocenters. The molecule has 13 heteroatoms. The van der Waals surface area contributed by atoms with E-state index in [1.165, 1.54) is 4.90 Å². The van der Waals surface area contributed by atoms with Gasteiger partial charge in [-0.15, -0.1) is 0 Å². The highest BCUT2D eigenvalue weighted by atomic mass is 32.2. The van der Waals surface area contributed by atoms with Crippen LogP contribution in [0.4, 0.5) is 28.0 Å². The van der Waals surface area contributed by atoms with Gasteiger partial charge in [-0.3, -0.25) is 4.79 Å². The van der Waals surface area contributed by atoms with Crippen LogP contribution in [0.3, 0.4) is 0 Å². The minimum absolute atomic E-state index is 0.0222. The summed E-state index contributed by atoms with van der Waals surface area (Å²) in [5.74, 6) is -2.03. The molecule has 0 saturated carbocycles. The molecule has 1 fully saturated rings. The van der Waals surface area contributed by atoms with E-state index in [4.69, 9.17) is 4.74 Å². The maximum Gasteiger partial charge on any atom is 0.416 e. The molecular formula is C21H21F4N3O5S. The van der Waals surface area contributed by atoms with Crippen molar-refractivity contribution in [3.63, 3.8) is 0 Å². The number of nitrogens with zero attached hydrogens (tertiary/aromatic N) is 2. The molecule has 3 rings (SSSR count). The van der Waals surface area contributed by atoms with Gasteiger partial charge in [-0.25, -0.2) is 17.6 Å². The Hall–Kier alpha value is -3.19. The van der Waals surface area contributed by atoms with Crippen LogP contribution >= 0.6 is 0 Å². The number of sulfonamides is 1. The predicted molar refractivity (Wildman–Crippen MR) is 113 cm³/mol. The van der Waals surface area contributed by atoms with Crippen LogP contribution in [0.15, 0.2) is 47.4 Å². The number of carbonyl (C=O) groups excluding carboxylic acids is 2. The Kier molecular flexibility index (Phi) is 7.46. The first-order valence-corrected chi connectivity index (χ1v) is 11.6. The Labute approximate surface area is 193 Å². The number of amides is 2. The van der Waals surface area contributed by atoms with Crippen molar-refractivity contribution < 1.29 is 40.3 Å². The Morgan fingerprint density at radius 2 is 1.65 bits per heavy atom. The van der Waals surface area contributed by atoms with Gasteiger partial charge in [-0.1, -0.05) is 0 Å². The molecule has 8 nitrogen and oxygen atoms in total. The standard InChI is InChI=1S/C21H21F4N3O5S/c1-2-33-20(30)27-9-11-28(12-10-27)34(31,32)16-7-8-18(22)17(13-16)19(29)26-15-5-3-14(4-6-15)21(23,24)25/h3-8,13H,2,9-12H2,1H3,(H,26,29). The predicted octanol–water partition coefficient (Wildman–Crippen LogP) is 3.56. The van der Waals surface area contributed by atoms with E-state index < -0.39 is 45.1 Å². The summed E-state index contributed by atoms with van der Waals surface area (Å²) in [5.41, 5.74) is -1.54. The molecule has 2 aromatic rings. The normalized spacial score (nSPS) is 15.1. The summed E-state index contributed by atoms with van der Waals surface area (Å²) >= 11 is 0. The number of hydrogen-bond donors (Lipinski definition) is 1. The lowest BCUT2D eigenvalue weighted by molar-refractivity contribution is -0.137. The van der Waals surface area contributed by atoms with Gasteiger partial charge in [-0.2, -0.15) is 17.5 Å². The minimum Gasteiger partial charge on any atom is -0.450 e. The number of alkyl halides is 3. The second kappa shape index (κ2) is 9.97. The fourth-order valence-electron chi connectivity index (χ4n) is 3.25. The molecule has 0 radical (unpaired) electrons. The zero-order valence-electron chi connectivity index (χ0n) is 17.9. The monoisotopic (exact) mass is 503 g/mol. The van der Waals surface area contributed by atoms with E-state index in [2.05, 4.69) is 5.32 Å². The number of nitrogens with one attached hydrogen (secondary N) is 1. The molecule has 34 heavy (non-hydrogen) atoms. The van der Waals surface area contributed by atoms with Gasteiger partial charge in [0.2, 0.25) is 10.0 Å². The van der Waals surface area contributed by atoms with Crippen molar-refractivity contribution in [3.8, 4) is 0 Å². The summed E-state index contributed by atoms with van der Waals surface area (Å²) in [4.78, 5) is 25.3. The van der Waals surface area contributed by atoms with E-state index in [0.29, 0.717) is 0 Å². The van der Waals surface area contributed by atoms with E-state index in [9.17, 15) is 35.6 Å². The first-order chi connectivity index (χ1) is 15.9. The van der Waals surface area contributed by atoms with Crippen LogP contribution in [0.1, 0.15) is 22.8 Å². The van der Waals surface area contributed by atoms with Gasteiger partial charge in [0.25, 0.3) is 5.91 Å². The van der Waals surface area contributed by atoms with Crippen LogP contribution in [0, 0.1) is 5.82 Å². The highest BCUT2D eigenvalue weighted by molar-refractivity contribution is 7.89. The van der Waals surface area contributed by atoms with Crippen LogP contribution < -0.4 is 5.32 Å². The van der Waals surface area contributed by atoms with Gasteiger partial charge >= 0.3 is 12.3 Å². The number of benzene rings is 2. The van der Waals surface area contributed by atoms with E-state index in [-0.39, 0.29) is 43.4 Å². The van der Waals surface area contributed by atoms with Crippen molar-refractivity contribution in [2.45, 2.75) is 18.0 Å². The fourth-order valence-corrected chi connectivity index (χ4v) is 4.70. The Morgan fingerprint density at radius 3 is 2.21 bits per heavy atom. The molecule has 0 aliphatic carbocycles. The molecule has 1 aliphatic heterocycles. The molecule has 0 atom stereocenters. The third kappa shape index (κ3) is 5.65. The topological polar surface area (TPSA) is 96.0 Å². The van der Waals surface area contributed by atoms with E-state index >= 15 is 0 Å². The summed E-state index contributed by atoms with van der Waals surface area (Å²) < 4.78 is 84.3. The number of anilines is 1. The maximum atomic E-state index is 14.3. The van der Waals surface area contributed by atoms with Crippen molar-refractivity contribution in [2.75, 3.05) is 38.1 Å². The number of halogens is 4. The van der Waals surface area contributed by atoms with Crippen LogP contribution in [0.2, 0.25) is 0 Å². The largest absolute Gasteiger partial charge is 0.450 e. The van der Waals surface area contributed by atoms with Crippen LogP contribution in [-0.2, 0) is 20.9 Å². The summed E-state index contributed by atoms with van der Waals surface area (Å²) in [6.07, 6.45) is -5.11. The molecular weight excluding hydrogens is 482 g/mol. The van der Waals surface area contributed by atoms with Gasteiger partial charge in [0.05, 0.1) is 22.6 Å². The van der Waals surface area contributed by atoms with Gasteiger partial charge in [0.15, 0.2) is 0 Å². The van der Waals surface area contributed by atoms with E-state index in [0.717, 1.165) is 46.8 Å². The lowest BCUT2D eigenvalue weighted by Gasteiger charge is -2.33. The van der Waals surface area contributed by atoms with Crippen molar-refractivity contribution in [1.29, 1.82) is 0 Å². The second-order valence-corrected chi connectivity index (χ2v) is 9.20. The number of piperazine rings is 1. The lowest BCUT2D eigenvalue weighted by Crippen LogP contribution is -2.50. The first kappa shape index (κ1) is 25.4. The van der Waals surface area contributed by atoms with E-state index in [1.54, 1.807) is 6.92 Å². The Balaban J connectivity index is 1.75. The van der Waals surface area contributed by atoms with Crippen LogP contribution in [0.5, 0.6) is 0 Å².